The number of hydrogen-bond donors (Lipinski definition) is 1. The topological polar surface area (TPSA) is 38.7 Å². The molecule has 0 unspecified atom stereocenters. The van der Waals surface area contributed by atoms with Crippen molar-refractivity contribution in [3.8, 4) is 17.2 Å². The number of phenols is 1. The Labute approximate surface area is 138 Å². The van der Waals surface area contributed by atoms with E-state index in [1.54, 1.807) is 19.1 Å². The number of ether oxygens (including phenoxy) is 2. The van der Waals surface area contributed by atoms with Crippen molar-refractivity contribution in [2.45, 2.75) is 13.1 Å². The summed E-state index contributed by atoms with van der Waals surface area (Å²) in [6, 6.07) is 9.32. The maximum absolute atomic E-state index is 12.5. The van der Waals surface area contributed by atoms with Crippen molar-refractivity contribution >= 4 is 0 Å². The van der Waals surface area contributed by atoms with Crippen molar-refractivity contribution in [3.05, 3.63) is 65.7 Å². The highest BCUT2D eigenvalue weighted by molar-refractivity contribution is 5.38. The fourth-order valence-corrected chi connectivity index (χ4v) is 1.87. The number of benzene rings is 2. The van der Waals surface area contributed by atoms with Crippen molar-refractivity contribution in [3.63, 3.8) is 0 Å². The third-order valence-electron chi connectivity index (χ3n) is 3.24. The highest BCUT2D eigenvalue weighted by Gasteiger charge is 2.29. The van der Waals surface area contributed by atoms with E-state index in [1.165, 1.54) is 18.2 Å². The molecule has 0 atom stereocenters. The SMILES string of the molecule is C=C(COc1ccc(C(F)(F)F)cc1)COc1ccc(O)c(C)c1. The molecule has 128 valence electrons. The lowest BCUT2D eigenvalue weighted by atomic mass is 10.2. The number of aryl methyl sites for hydroxylation is 1. The van der Waals surface area contributed by atoms with Crippen LogP contribution in [-0.4, -0.2) is 18.3 Å². The standard InChI is InChI=1S/C18H17F3O3/c1-12(11-24-16-7-8-17(22)13(2)9-16)10-23-15-5-3-14(4-6-15)18(19,20)21/h3-9,22H,1,10-11H2,2H3. The molecule has 0 aliphatic rings. The highest BCUT2D eigenvalue weighted by Crippen LogP contribution is 2.30. The van der Waals surface area contributed by atoms with Crippen LogP contribution in [0.4, 0.5) is 13.2 Å². The predicted octanol–water partition coefficient (Wildman–Crippen LogP) is 4.73. The minimum absolute atomic E-state index is 0.127. The minimum atomic E-state index is -4.36. The van der Waals surface area contributed by atoms with Crippen LogP contribution in [0.1, 0.15) is 11.1 Å². The minimum Gasteiger partial charge on any atom is -0.508 e. The lowest BCUT2D eigenvalue weighted by Gasteiger charge is -2.12. The summed E-state index contributed by atoms with van der Waals surface area (Å²) in [5.41, 5.74) is 0.597. The molecule has 1 N–H and O–H groups in total. The lowest BCUT2D eigenvalue weighted by Crippen LogP contribution is -2.09. The Hall–Kier alpha value is -2.63. The van der Waals surface area contributed by atoms with Gasteiger partial charge in [-0.25, -0.2) is 0 Å². The van der Waals surface area contributed by atoms with Crippen LogP contribution in [0.25, 0.3) is 0 Å². The van der Waals surface area contributed by atoms with Crippen LogP contribution in [0.5, 0.6) is 17.2 Å². The van der Waals surface area contributed by atoms with Gasteiger partial charge in [0.05, 0.1) is 5.56 Å². The first-order chi connectivity index (χ1) is 11.3. The Kier molecular flexibility index (Phi) is 5.39. The van der Waals surface area contributed by atoms with E-state index in [0.29, 0.717) is 22.6 Å². The Morgan fingerprint density at radius 3 is 2.08 bits per heavy atom. The van der Waals surface area contributed by atoms with E-state index in [-0.39, 0.29) is 19.0 Å². The number of phenolic OH excluding ortho intramolecular Hbond substituents is 1. The molecule has 2 aromatic carbocycles. The molecule has 3 nitrogen and oxygen atoms in total. The van der Waals surface area contributed by atoms with Crippen molar-refractivity contribution in [2.24, 2.45) is 0 Å². The molecule has 0 radical (unpaired) electrons. The predicted molar refractivity (Wildman–Crippen MR) is 84.4 cm³/mol. The van der Waals surface area contributed by atoms with Gasteiger partial charge in [-0.1, -0.05) is 6.58 Å². The zero-order valence-electron chi connectivity index (χ0n) is 13.1. The quantitative estimate of drug-likeness (QED) is 0.774. The molecule has 0 aliphatic carbocycles. The molecule has 0 bridgehead atoms. The molecule has 0 amide bonds. The summed E-state index contributed by atoms with van der Waals surface area (Å²) in [4.78, 5) is 0. The first kappa shape index (κ1) is 17.7. The molecular formula is C18H17F3O3. The Morgan fingerprint density at radius 1 is 1.00 bits per heavy atom. The van der Waals surface area contributed by atoms with E-state index in [4.69, 9.17) is 9.47 Å². The monoisotopic (exact) mass is 338 g/mol. The van der Waals surface area contributed by atoms with Crippen LogP contribution < -0.4 is 9.47 Å². The Bertz CT molecular complexity index is 706. The van der Waals surface area contributed by atoms with Crippen molar-refractivity contribution in [1.82, 2.24) is 0 Å². The summed E-state index contributed by atoms with van der Waals surface area (Å²) in [5.74, 6) is 1.09. The molecule has 0 saturated carbocycles. The summed E-state index contributed by atoms with van der Waals surface area (Å²) < 4.78 is 48.3. The Morgan fingerprint density at radius 2 is 1.54 bits per heavy atom. The summed E-state index contributed by atoms with van der Waals surface area (Å²) in [5, 5.41) is 9.44. The van der Waals surface area contributed by atoms with E-state index >= 15 is 0 Å². The third-order valence-corrected chi connectivity index (χ3v) is 3.24. The van der Waals surface area contributed by atoms with Gasteiger partial charge in [-0.3, -0.25) is 0 Å². The molecule has 0 aliphatic heterocycles. The summed E-state index contributed by atoms with van der Waals surface area (Å²) >= 11 is 0. The van der Waals surface area contributed by atoms with Gasteiger partial charge in [0.1, 0.15) is 30.5 Å². The van der Waals surface area contributed by atoms with Gasteiger partial charge in [0.25, 0.3) is 0 Å². The summed E-state index contributed by atoms with van der Waals surface area (Å²) in [6.45, 7) is 5.88. The average molecular weight is 338 g/mol. The van der Waals surface area contributed by atoms with E-state index in [0.717, 1.165) is 12.1 Å². The van der Waals surface area contributed by atoms with Gasteiger partial charge in [0.2, 0.25) is 0 Å². The second kappa shape index (κ2) is 7.29. The summed E-state index contributed by atoms with van der Waals surface area (Å²) in [6.07, 6.45) is -4.36. The van der Waals surface area contributed by atoms with Crippen LogP contribution in [0.15, 0.2) is 54.6 Å². The van der Waals surface area contributed by atoms with Crippen LogP contribution in [-0.2, 0) is 6.18 Å². The van der Waals surface area contributed by atoms with E-state index in [2.05, 4.69) is 6.58 Å². The zero-order valence-corrected chi connectivity index (χ0v) is 13.1. The van der Waals surface area contributed by atoms with Gasteiger partial charge in [0, 0.05) is 0 Å². The van der Waals surface area contributed by atoms with Crippen LogP contribution in [0.2, 0.25) is 0 Å². The molecule has 0 saturated heterocycles. The molecule has 24 heavy (non-hydrogen) atoms. The fraction of sp³-hybridized carbons (Fsp3) is 0.222. The van der Waals surface area contributed by atoms with Crippen molar-refractivity contribution in [2.75, 3.05) is 13.2 Å². The van der Waals surface area contributed by atoms with Crippen LogP contribution >= 0.6 is 0 Å². The second-order valence-electron chi connectivity index (χ2n) is 5.30. The first-order valence-corrected chi connectivity index (χ1v) is 7.15. The Balaban J connectivity index is 1.81. The van der Waals surface area contributed by atoms with Crippen LogP contribution in [0.3, 0.4) is 0 Å². The molecular weight excluding hydrogens is 321 g/mol. The molecule has 2 aromatic rings. The number of halogens is 3. The first-order valence-electron chi connectivity index (χ1n) is 7.15. The van der Waals surface area contributed by atoms with Crippen molar-refractivity contribution in [1.29, 1.82) is 0 Å². The third kappa shape index (κ3) is 4.94. The fourth-order valence-electron chi connectivity index (χ4n) is 1.87. The van der Waals surface area contributed by atoms with Gasteiger partial charge < -0.3 is 14.6 Å². The number of alkyl halides is 3. The second-order valence-corrected chi connectivity index (χ2v) is 5.30. The van der Waals surface area contributed by atoms with Gasteiger partial charge in [-0.2, -0.15) is 13.2 Å². The van der Waals surface area contributed by atoms with Crippen molar-refractivity contribution < 1.29 is 27.8 Å². The molecule has 0 aromatic heterocycles. The number of hydrogen-bond acceptors (Lipinski definition) is 3. The molecule has 2 rings (SSSR count). The van der Waals surface area contributed by atoms with Gasteiger partial charge in [-0.15, -0.1) is 0 Å². The lowest BCUT2D eigenvalue weighted by molar-refractivity contribution is -0.137. The van der Waals surface area contributed by atoms with Gasteiger partial charge >= 0.3 is 6.18 Å². The van der Waals surface area contributed by atoms with E-state index in [1.807, 2.05) is 0 Å². The molecule has 6 heteroatoms. The van der Waals surface area contributed by atoms with Gasteiger partial charge in [0.15, 0.2) is 0 Å². The van der Waals surface area contributed by atoms with E-state index < -0.39 is 11.7 Å². The molecule has 0 fully saturated rings. The maximum atomic E-state index is 12.5. The maximum Gasteiger partial charge on any atom is 0.416 e. The molecule has 0 heterocycles. The number of aromatic hydroxyl groups is 1. The average Bonchev–Trinajstić information content (AvgIpc) is 2.53. The van der Waals surface area contributed by atoms with Crippen LogP contribution in [0, 0.1) is 6.92 Å². The summed E-state index contributed by atoms with van der Waals surface area (Å²) in [7, 11) is 0. The smallest absolute Gasteiger partial charge is 0.416 e. The number of rotatable bonds is 6. The van der Waals surface area contributed by atoms with Gasteiger partial charge in [-0.05, 0) is 60.5 Å². The largest absolute Gasteiger partial charge is 0.508 e. The zero-order chi connectivity index (χ0) is 17.7. The normalized spacial score (nSPS) is 11.2. The van der Waals surface area contributed by atoms with E-state index in [9.17, 15) is 18.3 Å². The highest BCUT2D eigenvalue weighted by atomic mass is 19.4. The molecule has 0 spiro atoms.